The lowest BCUT2D eigenvalue weighted by Gasteiger charge is -2.09. The van der Waals surface area contributed by atoms with E-state index in [1.165, 1.54) is 0 Å². The lowest BCUT2D eigenvalue weighted by atomic mass is 10.2. The van der Waals surface area contributed by atoms with Gasteiger partial charge >= 0.3 is 6.03 Å². The number of hydrogen-bond donors (Lipinski definition) is 3. The van der Waals surface area contributed by atoms with Gasteiger partial charge in [0.2, 0.25) is 0 Å². The Hall–Kier alpha value is -2.34. The molecule has 0 atom stereocenters. The first-order valence-corrected chi connectivity index (χ1v) is 6.39. The molecule has 20 heavy (non-hydrogen) atoms. The van der Waals surface area contributed by atoms with Crippen molar-refractivity contribution in [1.29, 1.82) is 0 Å². The van der Waals surface area contributed by atoms with Gasteiger partial charge in [0.1, 0.15) is 0 Å². The van der Waals surface area contributed by atoms with Crippen LogP contribution in [0.4, 0.5) is 10.5 Å². The van der Waals surface area contributed by atoms with Gasteiger partial charge in [-0.05, 0) is 38.1 Å². The van der Waals surface area contributed by atoms with E-state index < -0.39 is 0 Å². The average molecular weight is 274 g/mol. The number of aliphatic hydroxyl groups excluding tert-OH is 1. The quantitative estimate of drug-likeness (QED) is 0.792. The van der Waals surface area contributed by atoms with E-state index >= 15 is 0 Å². The summed E-state index contributed by atoms with van der Waals surface area (Å²) in [7, 11) is 0. The number of aromatic nitrogens is 2. The van der Waals surface area contributed by atoms with Gasteiger partial charge in [0.25, 0.3) is 0 Å². The van der Waals surface area contributed by atoms with Gasteiger partial charge in [-0.2, -0.15) is 5.10 Å². The van der Waals surface area contributed by atoms with Crippen molar-refractivity contribution in [2.75, 3.05) is 18.5 Å². The van der Waals surface area contributed by atoms with Crippen molar-refractivity contribution in [1.82, 2.24) is 15.1 Å². The SMILES string of the molecule is Cc1cc(C)n(-c2cccc(NC(=O)NCCO)c2)n1. The molecule has 0 fully saturated rings. The van der Waals surface area contributed by atoms with E-state index in [-0.39, 0.29) is 19.2 Å². The lowest BCUT2D eigenvalue weighted by molar-refractivity contribution is 0.245. The highest BCUT2D eigenvalue weighted by Gasteiger charge is 2.06. The molecular formula is C14H18N4O2. The number of nitrogens with one attached hydrogen (secondary N) is 2. The Bertz CT molecular complexity index is 607. The summed E-state index contributed by atoms with van der Waals surface area (Å²) in [5, 5.41) is 18.3. The highest BCUT2D eigenvalue weighted by atomic mass is 16.3. The summed E-state index contributed by atoms with van der Waals surface area (Å²) in [5.74, 6) is 0. The molecule has 106 valence electrons. The summed E-state index contributed by atoms with van der Waals surface area (Å²) >= 11 is 0. The van der Waals surface area contributed by atoms with Crippen molar-refractivity contribution >= 4 is 11.7 Å². The molecule has 1 aromatic heterocycles. The van der Waals surface area contributed by atoms with E-state index in [4.69, 9.17) is 5.11 Å². The van der Waals surface area contributed by atoms with Crippen LogP contribution in [0.1, 0.15) is 11.4 Å². The van der Waals surface area contributed by atoms with Gasteiger partial charge in [0.15, 0.2) is 0 Å². The highest BCUT2D eigenvalue weighted by molar-refractivity contribution is 5.89. The summed E-state index contributed by atoms with van der Waals surface area (Å²) in [6.45, 7) is 4.06. The number of hydrogen-bond acceptors (Lipinski definition) is 3. The number of urea groups is 1. The predicted molar refractivity (Wildman–Crippen MR) is 77.1 cm³/mol. The summed E-state index contributed by atoms with van der Waals surface area (Å²) in [6, 6.07) is 9.08. The van der Waals surface area contributed by atoms with Crippen LogP contribution in [0.15, 0.2) is 30.3 Å². The van der Waals surface area contributed by atoms with Gasteiger partial charge in [0, 0.05) is 17.9 Å². The Balaban J connectivity index is 2.16. The number of benzene rings is 1. The first-order valence-electron chi connectivity index (χ1n) is 6.39. The van der Waals surface area contributed by atoms with E-state index in [2.05, 4.69) is 15.7 Å². The molecule has 0 radical (unpaired) electrons. The zero-order chi connectivity index (χ0) is 14.5. The summed E-state index contributed by atoms with van der Waals surface area (Å²) in [5.41, 5.74) is 3.53. The second-order valence-corrected chi connectivity index (χ2v) is 4.49. The standard InChI is InChI=1S/C14H18N4O2/c1-10-8-11(2)18(17-10)13-5-3-4-12(9-13)16-14(20)15-6-7-19/h3-5,8-9,19H,6-7H2,1-2H3,(H2,15,16,20). The fourth-order valence-electron chi connectivity index (χ4n) is 1.95. The van der Waals surface area contributed by atoms with Gasteiger partial charge in [0.05, 0.1) is 18.0 Å². The fourth-order valence-corrected chi connectivity index (χ4v) is 1.95. The third kappa shape index (κ3) is 3.36. The van der Waals surface area contributed by atoms with Crippen LogP contribution in [0.3, 0.4) is 0 Å². The van der Waals surface area contributed by atoms with Crippen molar-refractivity contribution in [2.45, 2.75) is 13.8 Å². The van der Waals surface area contributed by atoms with Crippen LogP contribution < -0.4 is 10.6 Å². The Kier molecular flexibility index (Phi) is 4.37. The lowest BCUT2D eigenvalue weighted by Crippen LogP contribution is -2.30. The molecule has 6 heteroatoms. The average Bonchev–Trinajstić information content (AvgIpc) is 2.76. The smallest absolute Gasteiger partial charge is 0.319 e. The molecule has 0 aliphatic carbocycles. The van der Waals surface area contributed by atoms with Gasteiger partial charge < -0.3 is 15.7 Å². The second kappa shape index (κ2) is 6.21. The van der Waals surface area contributed by atoms with Gasteiger partial charge in [-0.15, -0.1) is 0 Å². The molecule has 2 rings (SSSR count). The van der Waals surface area contributed by atoms with Crippen LogP contribution in [0.2, 0.25) is 0 Å². The largest absolute Gasteiger partial charge is 0.395 e. The number of amides is 2. The number of aryl methyl sites for hydroxylation is 2. The molecule has 0 unspecified atom stereocenters. The minimum absolute atomic E-state index is 0.0841. The number of carbonyl (C=O) groups excluding carboxylic acids is 1. The molecule has 0 saturated carbocycles. The van der Waals surface area contributed by atoms with Crippen LogP contribution in [0.25, 0.3) is 5.69 Å². The van der Waals surface area contributed by atoms with Crippen LogP contribution in [-0.2, 0) is 0 Å². The molecule has 2 aromatic rings. The molecular weight excluding hydrogens is 256 g/mol. The molecule has 6 nitrogen and oxygen atoms in total. The topological polar surface area (TPSA) is 79.2 Å². The molecule has 0 spiro atoms. The maximum absolute atomic E-state index is 11.5. The normalized spacial score (nSPS) is 10.3. The van der Waals surface area contributed by atoms with E-state index in [1.807, 2.05) is 42.8 Å². The molecule has 0 aliphatic rings. The molecule has 0 saturated heterocycles. The minimum Gasteiger partial charge on any atom is -0.395 e. The van der Waals surface area contributed by atoms with Gasteiger partial charge in [-0.1, -0.05) is 6.07 Å². The molecule has 2 amide bonds. The van der Waals surface area contributed by atoms with E-state index in [0.717, 1.165) is 17.1 Å². The molecule has 1 aromatic carbocycles. The second-order valence-electron chi connectivity index (χ2n) is 4.49. The van der Waals surface area contributed by atoms with E-state index in [0.29, 0.717) is 5.69 Å². The molecule has 3 N–H and O–H groups in total. The van der Waals surface area contributed by atoms with Crippen molar-refractivity contribution in [3.8, 4) is 5.69 Å². The Morgan fingerprint density at radius 2 is 2.15 bits per heavy atom. The zero-order valence-electron chi connectivity index (χ0n) is 11.6. The van der Waals surface area contributed by atoms with Crippen LogP contribution >= 0.6 is 0 Å². The van der Waals surface area contributed by atoms with E-state index in [9.17, 15) is 4.79 Å². The maximum atomic E-state index is 11.5. The molecule has 0 aliphatic heterocycles. The van der Waals surface area contributed by atoms with Crippen LogP contribution in [0.5, 0.6) is 0 Å². The van der Waals surface area contributed by atoms with E-state index in [1.54, 1.807) is 6.07 Å². The number of rotatable bonds is 4. The zero-order valence-corrected chi connectivity index (χ0v) is 11.6. The van der Waals surface area contributed by atoms with Crippen molar-refractivity contribution < 1.29 is 9.90 Å². The van der Waals surface area contributed by atoms with Crippen molar-refractivity contribution in [2.24, 2.45) is 0 Å². The number of anilines is 1. The third-order valence-corrected chi connectivity index (χ3v) is 2.76. The Morgan fingerprint density at radius 1 is 1.35 bits per heavy atom. The van der Waals surface area contributed by atoms with Gasteiger partial charge in [-0.25, -0.2) is 9.48 Å². The summed E-state index contributed by atoms with van der Waals surface area (Å²) in [4.78, 5) is 11.5. The first-order chi connectivity index (χ1) is 9.60. The number of nitrogens with zero attached hydrogens (tertiary/aromatic N) is 2. The minimum atomic E-state index is -0.343. The maximum Gasteiger partial charge on any atom is 0.319 e. The number of carbonyl (C=O) groups is 1. The number of aliphatic hydroxyl groups is 1. The molecule has 0 bridgehead atoms. The monoisotopic (exact) mass is 274 g/mol. The van der Waals surface area contributed by atoms with Crippen molar-refractivity contribution in [3.05, 3.63) is 41.7 Å². The van der Waals surface area contributed by atoms with Gasteiger partial charge in [-0.3, -0.25) is 0 Å². The Labute approximate surface area is 117 Å². The summed E-state index contributed by atoms with van der Waals surface area (Å²) < 4.78 is 1.83. The highest BCUT2D eigenvalue weighted by Crippen LogP contribution is 2.16. The predicted octanol–water partition coefficient (Wildman–Crippen LogP) is 1.60. The van der Waals surface area contributed by atoms with Crippen LogP contribution in [0, 0.1) is 13.8 Å². The first kappa shape index (κ1) is 14.1. The molecule has 1 heterocycles. The fraction of sp³-hybridized carbons (Fsp3) is 0.286. The Morgan fingerprint density at radius 3 is 2.80 bits per heavy atom. The summed E-state index contributed by atoms with van der Waals surface area (Å²) in [6.07, 6.45) is 0. The van der Waals surface area contributed by atoms with Crippen LogP contribution in [-0.4, -0.2) is 34.1 Å². The van der Waals surface area contributed by atoms with Crippen molar-refractivity contribution in [3.63, 3.8) is 0 Å². The third-order valence-electron chi connectivity index (χ3n) is 2.76.